The highest BCUT2D eigenvalue weighted by molar-refractivity contribution is 7.91. The first-order chi connectivity index (χ1) is 15.8. The average molecular weight is 493 g/mol. The number of aromatic nitrogens is 2. The molecule has 0 aliphatic carbocycles. The number of carbonyl (C=O) groups is 1. The molecule has 1 aliphatic heterocycles. The summed E-state index contributed by atoms with van der Waals surface area (Å²) in [5.41, 5.74) is 1.14. The molecule has 33 heavy (non-hydrogen) atoms. The molecule has 1 aromatic carbocycles. The van der Waals surface area contributed by atoms with Gasteiger partial charge in [0.25, 0.3) is 10.0 Å². The summed E-state index contributed by atoms with van der Waals surface area (Å²) in [6.45, 7) is 2.19. The van der Waals surface area contributed by atoms with Crippen molar-refractivity contribution in [3.05, 3.63) is 35.5 Å². The number of aryl methyl sites for hydroxylation is 1. The highest BCUT2D eigenvalue weighted by atomic mass is 32.2. The number of nitrogens with one attached hydrogen (secondary N) is 1. The highest BCUT2D eigenvalue weighted by Crippen LogP contribution is 2.33. The first-order valence-corrected chi connectivity index (χ1v) is 12.6. The molecule has 176 valence electrons. The maximum atomic E-state index is 13.1. The van der Waals surface area contributed by atoms with E-state index >= 15 is 0 Å². The van der Waals surface area contributed by atoms with Gasteiger partial charge in [-0.15, -0.1) is 11.3 Å². The first kappa shape index (κ1) is 23.2. The second-order valence-electron chi connectivity index (χ2n) is 7.53. The molecule has 0 spiro atoms. The van der Waals surface area contributed by atoms with E-state index in [2.05, 4.69) is 15.5 Å². The molecule has 3 aromatic rings. The Labute approximate surface area is 195 Å². The van der Waals surface area contributed by atoms with Crippen molar-refractivity contribution in [2.75, 3.05) is 32.6 Å². The lowest BCUT2D eigenvalue weighted by molar-refractivity contribution is -0.120. The minimum atomic E-state index is -3.67. The summed E-state index contributed by atoms with van der Waals surface area (Å²) in [5.74, 6) is 1.41. The number of amides is 1. The Hall–Kier alpha value is -2.96. The fourth-order valence-corrected chi connectivity index (χ4v) is 6.39. The Morgan fingerprint density at radius 3 is 2.61 bits per heavy atom. The minimum Gasteiger partial charge on any atom is -0.497 e. The van der Waals surface area contributed by atoms with Crippen LogP contribution in [0.2, 0.25) is 0 Å². The van der Waals surface area contributed by atoms with Crippen LogP contribution in [0.15, 0.2) is 38.4 Å². The second kappa shape index (κ2) is 9.49. The lowest BCUT2D eigenvalue weighted by Crippen LogP contribution is -2.41. The number of hydrogen-bond acceptors (Lipinski definition) is 9. The number of anilines is 1. The van der Waals surface area contributed by atoms with Crippen LogP contribution in [0.25, 0.3) is 11.4 Å². The number of benzene rings is 1. The number of sulfonamides is 1. The van der Waals surface area contributed by atoms with Gasteiger partial charge in [0.2, 0.25) is 17.6 Å². The van der Waals surface area contributed by atoms with Crippen molar-refractivity contribution in [1.29, 1.82) is 0 Å². The fourth-order valence-electron chi connectivity index (χ4n) is 3.61. The van der Waals surface area contributed by atoms with E-state index in [0.29, 0.717) is 47.3 Å². The van der Waals surface area contributed by atoms with Crippen molar-refractivity contribution in [3.63, 3.8) is 0 Å². The van der Waals surface area contributed by atoms with Crippen molar-refractivity contribution in [3.8, 4) is 22.9 Å². The zero-order valence-electron chi connectivity index (χ0n) is 18.4. The zero-order valence-corrected chi connectivity index (χ0v) is 20.0. The topological polar surface area (TPSA) is 124 Å². The lowest BCUT2D eigenvalue weighted by atomic mass is 9.97. The molecule has 3 heterocycles. The molecule has 0 radical (unpaired) electrons. The molecule has 1 fully saturated rings. The quantitative estimate of drug-likeness (QED) is 0.533. The van der Waals surface area contributed by atoms with Gasteiger partial charge in [0.15, 0.2) is 0 Å². The molecule has 10 nitrogen and oxygen atoms in total. The molecule has 2 aromatic heterocycles. The number of rotatable bonds is 7. The van der Waals surface area contributed by atoms with Gasteiger partial charge in [0, 0.05) is 42.9 Å². The van der Waals surface area contributed by atoms with Crippen LogP contribution in [0.1, 0.15) is 18.7 Å². The van der Waals surface area contributed by atoms with Gasteiger partial charge in [-0.2, -0.15) is 9.29 Å². The van der Waals surface area contributed by atoms with Crippen molar-refractivity contribution in [2.45, 2.75) is 24.0 Å². The summed E-state index contributed by atoms with van der Waals surface area (Å²) < 4.78 is 43.3. The molecule has 4 rings (SSSR count). The van der Waals surface area contributed by atoms with Gasteiger partial charge in [-0.05, 0) is 31.0 Å². The lowest BCUT2D eigenvalue weighted by Gasteiger charge is -2.30. The fraction of sp³-hybridized carbons (Fsp3) is 0.381. The third-order valence-electron chi connectivity index (χ3n) is 5.45. The van der Waals surface area contributed by atoms with Crippen LogP contribution in [0, 0.1) is 12.8 Å². The maximum absolute atomic E-state index is 13.1. The van der Waals surface area contributed by atoms with E-state index in [1.165, 1.54) is 11.4 Å². The van der Waals surface area contributed by atoms with E-state index in [4.69, 9.17) is 14.0 Å². The maximum Gasteiger partial charge on any atom is 0.252 e. The summed E-state index contributed by atoms with van der Waals surface area (Å²) in [6.07, 6.45) is 0.845. The Bertz CT molecular complexity index is 1250. The molecule has 0 atom stereocenters. The Morgan fingerprint density at radius 1 is 1.21 bits per heavy atom. The van der Waals surface area contributed by atoms with E-state index in [1.54, 1.807) is 43.7 Å². The largest absolute Gasteiger partial charge is 0.497 e. The van der Waals surface area contributed by atoms with E-state index in [9.17, 15) is 13.2 Å². The van der Waals surface area contributed by atoms with Crippen LogP contribution in [0.5, 0.6) is 11.5 Å². The average Bonchev–Trinajstić information content (AvgIpc) is 3.49. The number of methoxy groups -OCH3 is 2. The van der Waals surface area contributed by atoms with Gasteiger partial charge in [0.1, 0.15) is 15.7 Å². The molecule has 1 amide bonds. The number of piperidine rings is 1. The highest BCUT2D eigenvalue weighted by Gasteiger charge is 2.33. The van der Waals surface area contributed by atoms with Crippen LogP contribution in [0.3, 0.4) is 0 Å². The molecule has 1 N–H and O–H groups in total. The van der Waals surface area contributed by atoms with Crippen molar-refractivity contribution in [1.82, 2.24) is 14.4 Å². The normalized spacial score (nSPS) is 15.4. The summed E-state index contributed by atoms with van der Waals surface area (Å²) in [4.78, 5) is 16.9. The Morgan fingerprint density at radius 2 is 1.97 bits per heavy atom. The van der Waals surface area contributed by atoms with E-state index < -0.39 is 10.0 Å². The molecule has 0 unspecified atom stereocenters. The van der Waals surface area contributed by atoms with Crippen molar-refractivity contribution < 1.29 is 27.2 Å². The monoisotopic (exact) mass is 492 g/mol. The molecule has 1 aliphatic rings. The Balaban J connectivity index is 1.39. The third kappa shape index (κ3) is 4.87. The molecule has 0 bridgehead atoms. The van der Waals surface area contributed by atoms with Gasteiger partial charge in [-0.1, -0.05) is 5.16 Å². The second-order valence-corrected chi connectivity index (χ2v) is 10.6. The van der Waals surface area contributed by atoms with Crippen LogP contribution in [-0.2, 0) is 14.8 Å². The predicted octanol–water partition coefficient (Wildman–Crippen LogP) is 3.16. The standard InChI is InChI=1S/C21H24N4O6S2/c1-13-22-20(24-31-13)15-10-19(32-12-15)33(27,28)25-8-6-14(7-9-25)21(26)23-17-5-4-16(29-2)11-18(17)30-3/h4-5,10-12,14H,6-9H2,1-3H3,(H,23,26). The van der Waals surface area contributed by atoms with Crippen LogP contribution in [-0.4, -0.2) is 56.1 Å². The molecular formula is C21H24N4O6S2. The van der Waals surface area contributed by atoms with Gasteiger partial charge in [-0.25, -0.2) is 8.42 Å². The minimum absolute atomic E-state index is 0.165. The Kier molecular flexibility index (Phi) is 6.68. The van der Waals surface area contributed by atoms with Crippen LogP contribution >= 0.6 is 11.3 Å². The van der Waals surface area contributed by atoms with Gasteiger partial charge in [0.05, 0.1) is 19.9 Å². The summed E-state index contributed by atoms with van der Waals surface area (Å²) in [5, 5.41) is 8.41. The third-order valence-corrected chi connectivity index (χ3v) is 8.76. The summed E-state index contributed by atoms with van der Waals surface area (Å²) >= 11 is 1.12. The first-order valence-electron chi connectivity index (χ1n) is 10.2. The SMILES string of the molecule is COc1ccc(NC(=O)C2CCN(S(=O)(=O)c3cc(-c4noc(C)n4)cs3)CC2)c(OC)c1. The van der Waals surface area contributed by atoms with Gasteiger partial charge >= 0.3 is 0 Å². The molecular weight excluding hydrogens is 468 g/mol. The number of hydrogen-bond donors (Lipinski definition) is 1. The van der Waals surface area contributed by atoms with Crippen molar-refractivity contribution in [2.24, 2.45) is 5.92 Å². The van der Waals surface area contributed by atoms with Gasteiger partial charge < -0.3 is 19.3 Å². The van der Waals surface area contributed by atoms with E-state index in [-0.39, 0.29) is 29.1 Å². The summed E-state index contributed by atoms with van der Waals surface area (Å²) in [6, 6.07) is 6.70. The summed E-state index contributed by atoms with van der Waals surface area (Å²) in [7, 11) is -0.598. The number of thiophene rings is 1. The van der Waals surface area contributed by atoms with E-state index in [0.717, 1.165) is 11.3 Å². The van der Waals surface area contributed by atoms with Crippen LogP contribution < -0.4 is 14.8 Å². The van der Waals surface area contributed by atoms with E-state index in [1.807, 2.05) is 0 Å². The number of carbonyl (C=O) groups excluding carboxylic acids is 1. The predicted molar refractivity (Wildman–Crippen MR) is 122 cm³/mol. The van der Waals surface area contributed by atoms with Crippen molar-refractivity contribution >= 4 is 33.0 Å². The smallest absolute Gasteiger partial charge is 0.252 e. The molecule has 12 heteroatoms. The number of ether oxygens (including phenoxy) is 2. The van der Waals surface area contributed by atoms with Gasteiger partial charge in [-0.3, -0.25) is 4.79 Å². The molecule has 0 saturated carbocycles. The molecule has 1 saturated heterocycles. The van der Waals surface area contributed by atoms with Crippen LogP contribution in [0.4, 0.5) is 5.69 Å². The number of nitrogens with zero attached hydrogens (tertiary/aromatic N) is 3. The zero-order chi connectivity index (χ0) is 23.6.